The maximum absolute atomic E-state index is 12.2. The zero-order chi connectivity index (χ0) is 20.2. The fourth-order valence-electron chi connectivity index (χ4n) is 2.56. The number of nitrogens with zero attached hydrogens (tertiary/aromatic N) is 2. The number of benzene rings is 1. The predicted molar refractivity (Wildman–Crippen MR) is 105 cm³/mol. The van der Waals surface area contributed by atoms with Gasteiger partial charge in [-0.05, 0) is 23.6 Å². The fraction of sp³-hybridized carbons (Fsp3) is 0.105. The first-order chi connectivity index (χ1) is 14.1. The van der Waals surface area contributed by atoms with Gasteiger partial charge in [0.1, 0.15) is 11.1 Å². The number of amides is 2. The van der Waals surface area contributed by atoms with Crippen LogP contribution in [0.4, 0.5) is 0 Å². The summed E-state index contributed by atoms with van der Waals surface area (Å²) in [6.07, 6.45) is 0. The van der Waals surface area contributed by atoms with Crippen molar-refractivity contribution >= 4 is 34.1 Å². The fourth-order valence-corrected chi connectivity index (χ4v) is 3.21. The van der Waals surface area contributed by atoms with Crippen molar-refractivity contribution in [2.45, 2.75) is 0 Å². The first-order valence-corrected chi connectivity index (χ1v) is 9.46. The summed E-state index contributed by atoms with van der Waals surface area (Å²) in [5, 5.41) is 11.4. The van der Waals surface area contributed by atoms with Gasteiger partial charge in [0.05, 0.1) is 4.88 Å². The van der Waals surface area contributed by atoms with Gasteiger partial charge in [0.15, 0.2) is 0 Å². The molecule has 0 bridgehead atoms. The average Bonchev–Trinajstić information content (AvgIpc) is 3.42. The molecule has 0 saturated heterocycles. The minimum absolute atomic E-state index is 0.1000. The Labute approximate surface area is 167 Å². The predicted octanol–water partition coefficient (Wildman–Crippen LogP) is 2.06. The molecule has 3 aromatic heterocycles. The lowest BCUT2D eigenvalue weighted by molar-refractivity contribution is 0.0897. The molecule has 2 amide bonds. The Morgan fingerprint density at radius 1 is 1.03 bits per heavy atom. The number of nitrogens with one attached hydrogen (secondary N) is 2. The van der Waals surface area contributed by atoms with E-state index in [0.717, 1.165) is 4.88 Å². The summed E-state index contributed by atoms with van der Waals surface area (Å²) in [7, 11) is 0. The van der Waals surface area contributed by atoms with Crippen molar-refractivity contribution < 1.29 is 18.5 Å². The molecule has 0 unspecified atom stereocenters. The molecule has 0 radical (unpaired) electrons. The maximum Gasteiger partial charge on any atom is 0.349 e. The molecule has 146 valence electrons. The highest BCUT2D eigenvalue weighted by Crippen LogP contribution is 2.21. The average molecular weight is 410 g/mol. The number of carbonyl (C=O) groups is 2. The minimum Gasteiger partial charge on any atom is -0.422 e. The Morgan fingerprint density at radius 2 is 1.83 bits per heavy atom. The first-order valence-electron chi connectivity index (χ1n) is 8.59. The van der Waals surface area contributed by atoms with Crippen molar-refractivity contribution in [3.05, 3.63) is 69.7 Å². The lowest BCUT2D eigenvalue weighted by Crippen LogP contribution is -2.36. The van der Waals surface area contributed by atoms with Crippen molar-refractivity contribution in [1.29, 1.82) is 0 Å². The van der Waals surface area contributed by atoms with Crippen LogP contribution in [0.2, 0.25) is 0 Å². The monoisotopic (exact) mass is 410 g/mol. The third kappa shape index (κ3) is 4.06. The van der Waals surface area contributed by atoms with Gasteiger partial charge in [-0.15, -0.1) is 11.3 Å². The molecule has 0 saturated carbocycles. The Kier molecular flexibility index (Phi) is 5.16. The van der Waals surface area contributed by atoms with E-state index < -0.39 is 17.4 Å². The standard InChI is InChI=1S/C19H14N4O5S/c24-16(12-10-11-4-1-2-5-13(11)27-19(12)26)20-7-8-21-17(25)18-22-15(23-28-18)14-6-3-9-29-14/h1-6,9-10H,7-8H2,(H,20,24)(H,21,25). The number of rotatable bonds is 6. The third-order valence-electron chi connectivity index (χ3n) is 3.94. The van der Waals surface area contributed by atoms with Crippen molar-refractivity contribution in [3.8, 4) is 10.7 Å². The molecule has 0 atom stereocenters. The number of hydrogen-bond acceptors (Lipinski definition) is 8. The van der Waals surface area contributed by atoms with E-state index >= 15 is 0 Å². The van der Waals surface area contributed by atoms with E-state index in [1.807, 2.05) is 17.5 Å². The quantitative estimate of drug-likeness (QED) is 0.368. The number of thiophene rings is 1. The molecule has 10 heteroatoms. The van der Waals surface area contributed by atoms with E-state index in [-0.39, 0.29) is 24.5 Å². The molecular formula is C19H14N4O5S. The largest absolute Gasteiger partial charge is 0.422 e. The second-order valence-electron chi connectivity index (χ2n) is 5.90. The molecular weight excluding hydrogens is 396 g/mol. The Balaban J connectivity index is 1.31. The number of carbonyl (C=O) groups excluding carboxylic acids is 2. The van der Waals surface area contributed by atoms with Crippen molar-refractivity contribution in [3.63, 3.8) is 0 Å². The van der Waals surface area contributed by atoms with E-state index in [1.165, 1.54) is 17.4 Å². The van der Waals surface area contributed by atoms with Crippen LogP contribution in [0.15, 0.2) is 61.6 Å². The third-order valence-corrected chi connectivity index (χ3v) is 4.81. The van der Waals surface area contributed by atoms with Crippen LogP contribution < -0.4 is 16.3 Å². The Morgan fingerprint density at radius 3 is 2.62 bits per heavy atom. The molecule has 9 nitrogen and oxygen atoms in total. The molecule has 0 aliphatic rings. The van der Waals surface area contributed by atoms with Gasteiger partial charge in [0.25, 0.3) is 5.91 Å². The summed E-state index contributed by atoms with van der Waals surface area (Å²) in [4.78, 5) is 41.1. The van der Waals surface area contributed by atoms with Crippen LogP contribution in [0.5, 0.6) is 0 Å². The van der Waals surface area contributed by atoms with Crippen LogP contribution in [0, 0.1) is 0 Å². The highest BCUT2D eigenvalue weighted by molar-refractivity contribution is 7.13. The summed E-state index contributed by atoms with van der Waals surface area (Å²) in [5.41, 5.74) is -0.424. The van der Waals surface area contributed by atoms with E-state index in [0.29, 0.717) is 16.8 Å². The van der Waals surface area contributed by atoms with Crippen LogP contribution in [-0.2, 0) is 0 Å². The van der Waals surface area contributed by atoms with Gasteiger partial charge >= 0.3 is 17.4 Å². The minimum atomic E-state index is -0.725. The number of fused-ring (bicyclic) bond motifs is 1. The second kappa shape index (κ2) is 8.07. The van der Waals surface area contributed by atoms with Crippen molar-refractivity contribution in [2.24, 2.45) is 0 Å². The Hall–Kier alpha value is -3.79. The maximum atomic E-state index is 12.2. The molecule has 0 aliphatic heterocycles. The van der Waals surface area contributed by atoms with Crippen molar-refractivity contribution in [2.75, 3.05) is 13.1 Å². The highest BCUT2D eigenvalue weighted by Gasteiger charge is 2.17. The Bertz CT molecular complexity index is 1230. The van der Waals surface area contributed by atoms with Crippen LogP contribution in [0.25, 0.3) is 21.7 Å². The molecule has 1 aromatic carbocycles. The van der Waals surface area contributed by atoms with Gasteiger partial charge in [-0.3, -0.25) is 9.59 Å². The molecule has 3 heterocycles. The lowest BCUT2D eigenvalue weighted by Gasteiger charge is -2.05. The van der Waals surface area contributed by atoms with Crippen LogP contribution >= 0.6 is 11.3 Å². The summed E-state index contributed by atoms with van der Waals surface area (Å²) in [5.74, 6) is -0.979. The molecule has 4 rings (SSSR count). The van der Waals surface area contributed by atoms with Crippen molar-refractivity contribution in [1.82, 2.24) is 20.8 Å². The summed E-state index contributed by atoms with van der Waals surface area (Å²) in [6, 6.07) is 12.0. The highest BCUT2D eigenvalue weighted by atomic mass is 32.1. The van der Waals surface area contributed by atoms with Crippen LogP contribution in [0.1, 0.15) is 21.0 Å². The molecule has 0 fully saturated rings. The smallest absolute Gasteiger partial charge is 0.349 e. The van der Waals surface area contributed by atoms with Crippen LogP contribution in [-0.4, -0.2) is 35.0 Å². The topological polar surface area (TPSA) is 127 Å². The van der Waals surface area contributed by atoms with E-state index in [4.69, 9.17) is 8.94 Å². The zero-order valence-electron chi connectivity index (χ0n) is 14.9. The van der Waals surface area contributed by atoms with Gasteiger partial charge in [-0.25, -0.2) is 4.79 Å². The molecule has 29 heavy (non-hydrogen) atoms. The summed E-state index contributed by atoms with van der Waals surface area (Å²) < 4.78 is 10.1. The molecule has 2 N–H and O–H groups in total. The van der Waals surface area contributed by atoms with E-state index in [2.05, 4.69) is 20.8 Å². The van der Waals surface area contributed by atoms with Gasteiger partial charge in [0, 0.05) is 18.5 Å². The zero-order valence-corrected chi connectivity index (χ0v) is 15.7. The molecule has 4 aromatic rings. The van der Waals surface area contributed by atoms with E-state index in [9.17, 15) is 14.4 Å². The second-order valence-corrected chi connectivity index (χ2v) is 6.85. The first kappa shape index (κ1) is 18.6. The SMILES string of the molecule is O=C(NCCNC(=O)c1cc2ccccc2oc1=O)c1nc(-c2cccs2)no1. The van der Waals surface area contributed by atoms with Gasteiger partial charge in [-0.2, -0.15) is 4.98 Å². The summed E-state index contributed by atoms with van der Waals surface area (Å²) in [6.45, 7) is 0.211. The van der Waals surface area contributed by atoms with Crippen LogP contribution in [0.3, 0.4) is 0 Å². The van der Waals surface area contributed by atoms with Gasteiger partial charge in [0.2, 0.25) is 5.82 Å². The van der Waals surface area contributed by atoms with Gasteiger partial charge in [-0.1, -0.05) is 29.4 Å². The molecule has 0 spiro atoms. The number of hydrogen-bond donors (Lipinski definition) is 2. The lowest BCUT2D eigenvalue weighted by atomic mass is 10.2. The van der Waals surface area contributed by atoms with E-state index in [1.54, 1.807) is 24.3 Å². The molecule has 0 aliphatic carbocycles. The summed E-state index contributed by atoms with van der Waals surface area (Å²) >= 11 is 1.43. The van der Waals surface area contributed by atoms with Gasteiger partial charge < -0.3 is 19.6 Å². The number of para-hydroxylation sites is 1. The normalized spacial score (nSPS) is 10.8. The number of aromatic nitrogens is 2.